The molecule has 5 saturated heterocycles. The zero-order chi connectivity index (χ0) is 36.0. The molecule has 20 nitrogen and oxygen atoms in total. The van der Waals surface area contributed by atoms with Crippen molar-refractivity contribution in [3.63, 3.8) is 0 Å². The minimum absolute atomic E-state index is 0. The Morgan fingerprint density at radius 2 is 0.509 bits per heavy atom. The van der Waals surface area contributed by atoms with Crippen molar-refractivity contribution in [1.82, 2.24) is 42.5 Å². The van der Waals surface area contributed by atoms with E-state index in [0.29, 0.717) is 11.8 Å². The topological polar surface area (TPSA) is 269 Å². The molecule has 0 spiro atoms. The molecule has 0 amide bonds. The van der Waals surface area contributed by atoms with Crippen molar-refractivity contribution in [2.75, 3.05) is 0 Å². The van der Waals surface area contributed by atoms with Crippen molar-refractivity contribution in [2.45, 2.75) is 151 Å². The minimum atomic E-state index is -2.38. The van der Waals surface area contributed by atoms with Crippen LogP contribution >= 0.6 is 0 Å². The Morgan fingerprint density at radius 3 is 0.717 bits per heavy atom. The molecule has 288 valence electrons. The SMILES string of the molecule is O=[N+]([O-])C1C2C3NC4NC(NC5NC(NC6NC(NC(N3)C2C([N+](=O)[O-])C([N+](=O)[O-])C1[N+](=O)[O-])C1CCCCC61)C1CCCCC51)C1CCCCC41.[Zn+2]. The van der Waals surface area contributed by atoms with Gasteiger partial charge in [-0.25, -0.2) is 0 Å². The summed E-state index contributed by atoms with van der Waals surface area (Å²) in [4.78, 5) is 47.2. The Bertz CT molecular complexity index is 1350. The van der Waals surface area contributed by atoms with Crippen LogP contribution in [0.3, 0.4) is 0 Å². The molecule has 53 heavy (non-hydrogen) atoms. The summed E-state index contributed by atoms with van der Waals surface area (Å²) in [6.45, 7) is 0. The van der Waals surface area contributed by atoms with E-state index in [-0.39, 0.29) is 80.1 Å². The second-order valence-electron chi connectivity index (χ2n) is 17.2. The van der Waals surface area contributed by atoms with E-state index in [2.05, 4.69) is 42.5 Å². The fourth-order valence-corrected chi connectivity index (χ4v) is 13.1. The summed E-state index contributed by atoms with van der Waals surface area (Å²) in [6.07, 6.45) is 10.1. The maximum absolute atomic E-state index is 12.9. The van der Waals surface area contributed by atoms with E-state index in [4.69, 9.17) is 0 Å². The molecular formula is C32H52N12O8Zn+2. The number of rotatable bonds is 4. The Kier molecular flexibility index (Phi) is 10.5. The van der Waals surface area contributed by atoms with Gasteiger partial charge < -0.3 is 0 Å². The summed E-state index contributed by atoms with van der Waals surface area (Å²) in [5.41, 5.74) is 0. The van der Waals surface area contributed by atoms with Gasteiger partial charge in [-0.3, -0.25) is 83.0 Å². The van der Waals surface area contributed by atoms with E-state index in [1.54, 1.807) is 0 Å². The molecule has 5 heterocycles. The molecule has 0 aromatic carbocycles. The van der Waals surface area contributed by atoms with Crippen molar-refractivity contribution in [3.05, 3.63) is 40.5 Å². The minimum Gasteiger partial charge on any atom is -0.286 e. The second-order valence-corrected chi connectivity index (χ2v) is 17.2. The number of fused-ring (bicyclic) bond motifs is 20. The average Bonchev–Trinajstić information content (AvgIpc) is 3.86. The summed E-state index contributed by atoms with van der Waals surface area (Å²) in [6, 6.07) is -8.81. The van der Waals surface area contributed by atoms with Gasteiger partial charge in [0.2, 0.25) is 0 Å². The normalized spacial score (nSPS) is 51.5. The molecule has 20 atom stereocenters. The van der Waals surface area contributed by atoms with Gasteiger partial charge in [0.1, 0.15) is 0 Å². The van der Waals surface area contributed by atoms with Crippen LogP contribution < -0.4 is 42.5 Å². The molecule has 8 N–H and O–H groups in total. The summed E-state index contributed by atoms with van der Waals surface area (Å²) in [5.74, 6) is -0.811. The van der Waals surface area contributed by atoms with Crippen LogP contribution in [0.15, 0.2) is 0 Å². The molecule has 0 aromatic heterocycles. The number of hydrogen-bond donors (Lipinski definition) is 8. The smallest absolute Gasteiger partial charge is 0.286 e. The van der Waals surface area contributed by atoms with Gasteiger partial charge in [-0.05, 0) is 74.0 Å². The zero-order valence-electron chi connectivity index (χ0n) is 29.8. The summed E-state index contributed by atoms with van der Waals surface area (Å²) >= 11 is 0. The van der Waals surface area contributed by atoms with E-state index in [0.717, 1.165) is 64.2 Å². The Labute approximate surface area is 319 Å². The molecule has 21 heteroatoms. The van der Waals surface area contributed by atoms with E-state index >= 15 is 0 Å². The maximum atomic E-state index is 12.9. The van der Waals surface area contributed by atoms with Crippen LogP contribution in [0, 0.1) is 87.8 Å². The van der Waals surface area contributed by atoms with Gasteiger partial charge in [-0.1, -0.05) is 38.5 Å². The first kappa shape index (κ1) is 37.8. The number of hydrogen-bond acceptors (Lipinski definition) is 16. The number of nitrogens with one attached hydrogen (secondary N) is 8. The fraction of sp³-hybridized carbons (Fsp3) is 1.00. The van der Waals surface area contributed by atoms with Gasteiger partial charge in [0, 0.05) is 19.7 Å². The van der Waals surface area contributed by atoms with Crippen LogP contribution in [0.1, 0.15) is 77.0 Å². The Hall–Kier alpha value is -2.10. The van der Waals surface area contributed by atoms with Crippen LogP contribution in [0.2, 0.25) is 0 Å². The molecule has 4 aliphatic carbocycles. The molecule has 9 fully saturated rings. The van der Waals surface area contributed by atoms with E-state index in [1.807, 2.05) is 0 Å². The summed E-state index contributed by atoms with van der Waals surface area (Å²) in [7, 11) is 0. The van der Waals surface area contributed by atoms with E-state index in [1.165, 1.54) is 12.8 Å². The fourth-order valence-electron chi connectivity index (χ4n) is 13.1. The number of nitrogens with zero attached hydrogens (tertiary/aromatic N) is 4. The molecule has 4 saturated carbocycles. The largest absolute Gasteiger partial charge is 2.00 e. The summed E-state index contributed by atoms with van der Waals surface area (Å²) in [5, 5.41) is 81.0. The summed E-state index contributed by atoms with van der Waals surface area (Å²) < 4.78 is 0. The van der Waals surface area contributed by atoms with Gasteiger partial charge in [0.05, 0.1) is 61.2 Å². The quantitative estimate of drug-likeness (QED) is 0.102. The van der Waals surface area contributed by atoms with Gasteiger partial charge in [0.15, 0.2) is 0 Å². The molecule has 0 aromatic rings. The molecular weight excluding hydrogens is 746 g/mol. The first-order valence-electron chi connectivity index (χ1n) is 19.7. The van der Waals surface area contributed by atoms with Crippen molar-refractivity contribution in [1.29, 1.82) is 0 Å². The van der Waals surface area contributed by atoms with E-state index < -0.39 is 68.0 Å². The van der Waals surface area contributed by atoms with Crippen molar-refractivity contribution in [2.24, 2.45) is 47.3 Å². The molecule has 20 unspecified atom stereocenters. The van der Waals surface area contributed by atoms with Gasteiger partial charge in [-0.15, -0.1) is 0 Å². The van der Waals surface area contributed by atoms with Gasteiger partial charge >= 0.3 is 31.6 Å². The molecule has 0 radical (unpaired) electrons. The van der Waals surface area contributed by atoms with Crippen LogP contribution in [-0.4, -0.2) is 93.2 Å². The van der Waals surface area contributed by atoms with E-state index in [9.17, 15) is 40.5 Å². The Morgan fingerprint density at radius 1 is 0.321 bits per heavy atom. The van der Waals surface area contributed by atoms with Crippen molar-refractivity contribution < 1.29 is 39.2 Å². The standard InChI is InChI=1S/C32H52N12O8.Zn/c45-41(46)21-19-20(22(42(47)48)24(44(51)52)23(21)43(49)50)32-39-30-18-12-6-4-10-16(18)28(37-30)35-26-14-8-2-1-7-13(14)25(33-26)34-27-15-9-3-5-11-17(15)29(36-27)38-31(19)40-32;/h13-40H,1-12H2;/q;+2. The zero-order valence-corrected chi connectivity index (χ0v) is 32.8. The average molecular weight is 798 g/mol. The van der Waals surface area contributed by atoms with Gasteiger partial charge in [0.25, 0.3) is 12.1 Å². The molecule has 9 aliphatic rings. The maximum Gasteiger partial charge on any atom is 2.00 e. The Balaban J connectivity index is 0.00000400. The van der Waals surface area contributed by atoms with Crippen LogP contribution in [0.25, 0.3) is 0 Å². The third kappa shape index (κ3) is 6.29. The van der Waals surface area contributed by atoms with Crippen molar-refractivity contribution >= 4 is 0 Å². The molecule has 8 bridgehead atoms. The first-order chi connectivity index (χ1) is 25.1. The van der Waals surface area contributed by atoms with Crippen LogP contribution in [-0.2, 0) is 19.5 Å². The predicted octanol–water partition coefficient (Wildman–Crippen LogP) is -0.376. The first-order valence-corrected chi connectivity index (χ1v) is 19.7. The van der Waals surface area contributed by atoms with Crippen LogP contribution in [0.5, 0.6) is 0 Å². The van der Waals surface area contributed by atoms with Crippen molar-refractivity contribution in [3.8, 4) is 0 Å². The predicted molar refractivity (Wildman–Crippen MR) is 182 cm³/mol. The third-order valence-electron chi connectivity index (χ3n) is 15.1. The second kappa shape index (κ2) is 14.8. The monoisotopic (exact) mass is 796 g/mol. The number of nitro groups is 4. The van der Waals surface area contributed by atoms with Crippen LogP contribution in [0.4, 0.5) is 0 Å². The molecule has 5 aliphatic heterocycles. The third-order valence-corrected chi connectivity index (χ3v) is 15.1. The molecule has 9 rings (SSSR count). The van der Waals surface area contributed by atoms with Gasteiger partial charge in [-0.2, -0.15) is 0 Å².